The molecule has 2 aromatic rings. The average molecular weight is 313 g/mol. The number of aryl methyl sites for hydroxylation is 1. The first-order valence-electron chi connectivity index (χ1n) is 7.26. The molecule has 0 atom stereocenters. The maximum absolute atomic E-state index is 11.9. The third-order valence-electron chi connectivity index (χ3n) is 3.25. The standard InChI is InChI=1S/C17H19N3O3/c1-2-12-7-3-6-10-15(12)23-11-19-17(22)20-14-9-5-4-8-13(14)16(18)21/h3-10H,2,11H2,1H3,(H2,18,21)(H2,19,20,22). The van der Waals surface area contributed by atoms with Gasteiger partial charge in [0.1, 0.15) is 5.75 Å². The lowest BCUT2D eigenvalue weighted by Gasteiger charge is -2.12. The molecular formula is C17H19N3O3. The Hall–Kier alpha value is -3.02. The number of urea groups is 1. The Morgan fingerprint density at radius 1 is 1.09 bits per heavy atom. The monoisotopic (exact) mass is 313 g/mol. The van der Waals surface area contributed by atoms with E-state index >= 15 is 0 Å². The number of primary amides is 1. The van der Waals surface area contributed by atoms with Crippen molar-refractivity contribution in [3.8, 4) is 5.75 Å². The number of rotatable bonds is 6. The van der Waals surface area contributed by atoms with E-state index in [4.69, 9.17) is 10.5 Å². The highest BCUT2D eigenvalue weighted by atomic mass is 16.5. The highest BCUT2D eigenvalue weighted by Gasteiger charge is 2.10. The summed E-state index contributed by atoms with van der Waals surface area (Å²) in [7, 11) is 0. The fourth-order valence-electron chi connectivity index (χ4n) is 2.09. The van der Waals surface area contributed by atoms with Gasteiger partial charge in [0.15, 0.2) is 6.73 Å². The molecule has 2 rings (SSSR count). The van der Waals surface area contributed by atoms with Gasteiger partial charge in [0.25, 0.3) is 5.91 Å². The van der Waals surface area contributed by atoms with Crippen LogP contribution in [-0.2, 0) is 6.42 Å². The summed E-state index contributed by atoms with van der Waals surface area (Å²) in [5.41, 5.74) is 6.93. The fourth-order valence-corrected chi connectivity index (χ4v) is 2.09. The third-order valence-corrected chi connectivity index (χ3v) is 3.25. The van der Waals surface area contributed by atoms with Gasteiger partial charge in [-0.1, -0.05) is 37.3 Å². The van der Waals surface area contributed by atoms with Gasteiger partial charge >= 0.3 is 6.03 Å². The lowest BCUT2D eigenvalue weighted by Crippen LogP contribution is -2.32. The zero-order valence-electron chi connectivity index (χ0n) is 12.8. The minimum absolute atomic E-state index is 0.0155. The van der Waals surface area contributed by atoms with Crippen molar-refractivity contribution >= 4 is 17.6 Å². The second-order valence-electron chi connectivity index (χ2n) is 4.79. The Morgan fingerprint density at radius 2 is 1.78 bits per heavy atom. The lowest BCUT2D eigenvalue weighted by molar-refractivity contribution is 0.100. The van der Waals surface area contributed by atoms with Gasteiger partial charge in [-0.2, -0.15) is 0 Å². The largest absolute Gasteiger partial charge is 0.473 e. The Morgan fingerprint density at radius 3 is 2.52 bits per heavy atom. The SMILES string of the molecule is CCc1ccccc1OCNC(=O)Nc1ccccc1C(N)=O. The van der Waals surface area contributed by atoms with Crippen LogP contribution in [0.4, 0.5) is 10.5 Å². The predicted octanol–water partition coefficient (Wildman–Crippen LogP) is 2.51. The highest BCUT2D eigenvalue weighted by Crippen LogP contribution is 2.18. The summed E-state index contributed by atoms with van der Waals surface area (Å²) >= 11 is 0. The van der Waals surface area contributed by atoms with Gasteiger partial charge in [0.2, 0.25) is 0 Å². The molecule has 0 saturated heterocycles. The summed E-state index contributed by atoms with van der Waals surface area (Å²) in [4.78, 5) is 23.2. The average Bonchev–Trinajstić information content (AvgIpc) is 2.55. The quantitative estimate of drug-likeness (QED) is 0.715. The normalized spacial score (nSPS) is 9.96. The first-order chi connectivity index (χ1) is 11.1. The van der Waals surface area contributed by atoms with Crippen LogP contribution in [0.5, 0.6) is 5.75 Å². The maximum Gasteiger partial charge on any atom is 0.321 e. The van der Waals surface area contributed by atoms with E-state index in [1.54, 1.807) is 24.3 Å². The Balaban J connectivity index is 1.90. The second-order valence-corrected chi connectivity index (χ2v) is 4.79. The van der Waals surface area contributed by atoms with Crippen molar-refractivity contribution in [2.75, 3.05) is 12.0 Å². The smallest absolute Gasteiger partial charge is 0.321 e. The van der Waals surface area contributed by atoms with Crippen LogP contribution >= 0.6 is 0 Å². The van der Waals surface area contributed by atoms with Crippen molar-refractivity contribution < 1.29 is 14.3 Å². The molecule has 0 saturated carbocycles. The van der Waals surface area contributed by atoms with Crippen LogP contribution in [0.3, 0.4) is 0 Å². The van der Waals surface area contributed by atoms with Crippen LogP contribution in [0, 0.1) is 0 Å². The van der Waals surface area contributed by atoms with Gasteiger partial charge in [-0.15, -0.1) is 0 Å². The molecule has 120 valence electrons. The molecule has 6 nitrogen and oxygen atoms in total. The number of carbonyl (C=O) groups is 2. The zero-order chi connectivity index (χ0) is 16.7. The van der Waals surface area contributed by atoms with E-state index in [9.17, 15) is 9.59 Å². The highest BCUT2D eigenvalue weighted by molar-refractivity contribution is 6.02. The number of ether oxygens (including phenoxy) is 1. The van der Waals surface area contributed by atoms with E-state index in [2.05, 4.69) is 10.6 Å². The number of hydrogen-bond donors (Lipinski definition) is 3. The van der Waals surface area contributed by atoms with Gasteiger partial charge in [-0.05, 0) is 30.2 Å². The topological polar surface area (TPSA) is 93.4 Å². The number of nitrogens with two attached hydrogens (primary N) is 1. The van der Waals surface area contributed by atoms with Crippen molar-refractivity contribution in [1.82, 2.24) is 5.32 Å². The van der Waals surface area contributed by atoms with Gasteiger partial charge in [0.05, 0.1) is 11.3 Å². The van der Waals surface area contributed by atoms with Crippen LogP contribution in [0.15, 0.2) is 48.5 Å². The fraction of sp³-hybridized carbons (Fsp3) is 0.176. The molecule has 0 aromatic heterocycles. The molecular weight excluding hydrogens is 294 g/mol. The number of hydrogen-bond acceptors (Lipinski definition) is 3. The second kappa shape index (κ2) is 7.84. The molecule has 0 heterocycles. The van der Waals surface area contributed by atoms with E-state index in [1.807, 2.05) is 31.2 Å². The molecule has 0 aliphatic rings. The van der Waals surface area contributed by atoms with Crippen LogP contribution in [0.2, 0.25) is 0 Å². The molecule has 2 aromatic carbocycles. The van der Waals surface area contributed by atoms with Crippen molar-refractivity contribution in [1.29, 1.82) is 0 Å². The molecule has 0 bridgehead atoms. The number of anilines is 1. The summed E-state index contributed by atoms with van der Waals surface area (Å²) in [6, 6.07) is 13.7. The molecule has 0 unspecified atom stereocenters. The molecule has 23 heavy (non-hydrogen) atoms. The minimum Gasteiger partial charge on any atom is -0.473 e. The van der Waals surface area contributed by atoms with Gasteiger partial charge in [-0.25, -0.2) is 4.79 Å². The van der Waals surface area contributed by atoms with Crippen LogP contribution in [0.25, 0.3) is 0 Å². The van der Waals surface area contributed by atoms with E-state index in [-0.39, 0.29) is 12.3 Å². The Labute approximate surface area is 134 Å². The van der Waals surface area contributed by atoms with E-state index in [0.29, 0.717) is 5.69 Å². The molecule has 0 radical (unpaired) electrons. The maximum atomic E-state index is 11.9. The number of amides is 3. The van der Waals surface area contributed by atoms with Crippen LogP contribution in [0.1, 0.15) is 22.8 Å². The van der Waals surface area contributed by atoms with Gasteiger partial charge in [0, 0.05) is 0 Å². The first-order valence-corrected chi connectivity index (χ1v) is 7.26. The van der Waals surface area contributed by atoms with Crippen molar-refractivity contribution in [3.05, 3.63) is 59.7 Å². The van der Waals surface area contributed by atoms with E-state index < -0.39 is 11.9 Å². The summed E-state index contributed by atoms with van der Waals surface area (Å²) in [6.07, 6.45) is 0.842. The number of nitrogens with one attached hydrogen (secondary N) is 2. The molecule has 3 amide bonds. The summed E-state index contributed by atoms with van der Waals surface area (Å²) in [5, 5.41) is 5.15. The van der Waals surface area contributed by atoms with E-state index in [1.165, 1.54) is 0 Å². The van der Waals surface area contributed by atoms with Crippen molar-refractivity contribution in [3.63, 3.8) is 0 Å². The predicted molar refractivity (Wildman–Crippen MR) is 88.4 cm³/mol. The molecule has 6 heteroatoms. The van der Waals surface area contributed by atoms with E-state index in [0.717, 1.165) is 17.7 Å². The Bertz CT molecular complexity index is 701. The Kier molecular flexibility index (Phi) is 5.57. The molecule has 4 N–H and O–H groups in total. The van der Waals surface area contributed by atoms with Crippen molar-refractivity contribution in [2.45, 2.75) is 13.3 Å². The third kappa shape index (κ3) is 4.47. The number of carbonyl (C=O) groups excluding carboxylic acids is 2. The first kappa shape index (κ1) is 16.4. The summed E-state index contributed by atoms with van der Waals surface area (Å²) < 4.78 is 5.55. The summed E-state index contributed by atoms with van der Waals surface area (Å²) in [6.45, 7) is 2.05. The minimum atomic E-state index is -0.603. The lowest BCUT2D eigenvalue weighted by atomic mass is 10.1. The van der Waals surface area contributed by atoms with Crippen molar-refractivity contribution in [2.24, 2.45) is 5.73 Å². The molecule has 0 aliphatic heterocycles. The van der Waals surface area contributed by atoms with Crippen LogP contribution in [-0.4, -0.2) is 18.7 Å². The molecule has 0 fully saturated rings. The summed E-state index contributed by atoms with van der Waals surface area (Å²) in [5.74, 6) is 0.127. The number of benzene rings is 2. The molecule has 0 aliphatic carbocycles. The molecule has 0 spiro atoms. The van der Waals surface area contributed by atoms with Gasteiger partial charge < -0.3 is 21.1 Å². The van der Waals surface area contributed by atoms with Crippen LogP contribution < -0.4 is 21.1 Å². The van der Waals surface area contributed by atoms with Gasteiger partial charge in [-0.3, -0.25) is 4.79 Å². The number of para-hydroxylation sites is 2. The zero-order valence-corrected chi connectivity index (χ0v) is 12.8.